The Hall–Kier alpha value is -1.36. The van der Waals surface area contributed by atoms with Gasteiger partial charge in [0.05, 0.1) is 6.54 Å². The lowest BCUT2D eigenvalue weighted by Gasteiger charge is -2.22. The molecule has 0 aliphatic heterocycles. The molecule has 0 bridgehead atoms. The van der Waals surface area contributed by atoms with Gasteiger partial charge in [0.25, 0.3) is 0 Å². The van der Waals surface area contributed by atoms with Crippen LogP contribution in [0.4, 0.5) is 0 Å². The second-order valence-electron chi connectivity index (χ2n) is 5.42. The van der Waals surface area contributed by atoms with Crippen molar-refractivity contribution < 1.29 is 8.42 Å². The Bertz CT molecular complexity index is 815. The van der Waals surface area contributed by atoms with Gasteiger partial charge in [-0.25, -0.2) is 13.1 Å². The first kappa shape index (κ1) is 20.0. The van der Waals surface area contributed by atoms with E-state index in [0.717, 1.165) is 10.2 Å². The predicted molar refractivity (Wildman–Crippen MR) is 105 cm³/mol. The zero-order valence-electron chi connectivity index (χ0n) is 14.4. The van der Waals surface area contributed by atoms with Gasteiger partial charge in [-0.1, -0.05) is 6.07 Å². The van der Waals surface area contributed by atoms with Crippen molar-refractivity contribution in [2.75, 3.05) is 27.2 Å². The zero-order valence-corrected chi connectivity index (χ0v) is 17.6. The topological polar surface area (TPSA) is 78.7 Å². The summed E-state index contributed by atoms with van der Waals surface area (Å²) in [7, 11) is 2.20. The maximum absolute atomic E-state index is 12.0. The molecule has 138 valence electrons. The van der Waals surface area contributed by atoms with Gasteiger partial charge in [-0.15, -0.1) is 11.3 Å². The van der Waals surface area contributed by atoms with Crippen LogP contribution in [-0.4, -0.2) is 51.0 Å². The molecule has 2 aromatic heterocycles. The predicted octanol–water partition coefficient (Wildman–Crippen LogP) is 1.83. The zero-order chi connectivity index (χ0) is 18.4. The maximum atomic E-state index is 12.0. The van der Waals surface area contributed by atoms with Crippen LogP contribution >= 0.6 is 27.3 Å². The SMILES string of the molecule is CN=C(NCCNS(=O)(=O)c1cccs1)N(C)Cc1cc(Br)cn1C. The molecule has 2 aromatic rings. The quantitative estimate of drug-likeness (QED) is 0.385. The molecular formula is C15H22BrN5O2S2. The molecule has 0 aromatic carbocycles. The monoisotopic (exact) mass is 447 g/mol. The number of hydrogen-bond donors (Lipinski definition) is 2. The summed E-state index contributed by atoms with van der Waals surface area (Å²) in [6.07, 6.45) is 2.00. The van der Waals surface area contributed by atoms with Crippen LogP contribution in [-0.2, 0) is 23.6 Å². The fourth-order valence-corrected chi connectivity index (χ4v) is 4.91. The average molecular weight is 448 g/mol. The summed E-state index contributed by atoms with van der Waals surface area (Å²) >= 11 is 4.66. The summed E-state index contributed by atoms with van der Waals surface area (Å²) in [5.74, 6) is 0.702. The molecular weight excluding hydrogens is 426 g/mol. The second-order valence-corrected chi connectivity index (χ2v) is 9.28. The Morgan fingerprint density at radius 2 is 2.20 bits per heavy atom. The number of guanidine groups is 1. The molecule has 0 fully saturated rings. The number of aliphatic imine (C=N–C) groups is 1. The van der Waals surface area contributed by atoms with Crippen molar-refractivity contribution in [1.82, 2.24) is 19.5 Å². The number of hydrogen-bond acceptors (Lipinski definition) is 4. The molecule has 2 N–H and O–H groups in total. The molecule has 2 heterocycles. The van der Waals surface area contributed by atoms with Crippen LogP contribution in [0.3, 0.4) is 0 Å². The van der Waals surface area contributed by atoms with Gasteiger partial charge in [-0.05, 0) is 33.4 Å². The second kappa shape index (κ2) is 8.84. The van der Waals surface area contributed by atoms with E-state index in [0.29, 0.717) is 23.3 Å². The Labute approximate surface area is 160 Å². The molecule has 0 unspecified atom stereocenters. The van der Waals surface area contributed by atoms with Crippen molar-refractivity contribution in [2.45, 2.75) is 10.8 Å². The number of nitrogens with one attached hydrogen (secondary N) is 2. The molecule has 0 aliphatic rings. The van der Waals surface area contributed by atoms with Crippen molar-refractivity contribution in [2.24, 2.45) is 12.0 Å². The van der Waals surface area contributed by atoms with Crippen LogP contribution in [0.5, 0.6) is 0 Å². The number of sulfonamides is 1. The van der Waals surface area contributed by atoms with Crippen LogP contribution in [0.1, 0.15) is 5.69 Å². The standard InChI is InChI=1S/C15H22BrN5O2S2/c1-17-15(21(3)11-13-9-12(16)10-20(13)2)18-6-7-19-25(22,23)14-5-4-8-24-14/h4-5,8-10,19H,6-7,11H2,1-3H3,(H,17,18). The third-order valence-electron chi connectivity index (χ3n) is 3.51. The lowest BCUT2D eigenvalue weighted by molar-refractivity contribution is 0.462. The van der Waals surface area contributed by atoms with Gasteiger partial charge in [0, 0.05) is 50.6 Å². The van der Waals surface area contributed by atoms with Crippen molar-refractivity contribution >= 4 is 43.2 Å². The number of aromatic nitrogens is 1. The Balaban J connectivity index is 1.83. The molecule has 0 aliphatic carbocycles. The van der Waals surface area contributed by atoms with Gasteiger partial charge in [0.2, 0.25) is 10.0 Å². The Morgan fingerprint density at radius 1 is 1.44 bits per heavy atom. The van der Waals surface area contributed by atoms with Crippen LogP contribution in [0.15, 0.2) is 43.5 Å². The number of rotatable bonds is 7. The molecule has 10 heteroatoms. The molecule has 0 radical (unpaired) electrons. The van der Waals surface area contributed by atoms with E-state index in [4.69, 9.17) is 0 Å². The normalized spacial score (nSPS) is 12.4. The largest absolute Gasteiger partial charge is 0.355 e. The first-order valence-corrected chi connectivity index (χ1v) is 10.7. The van der Waals surface area contributed by atoms with Crippen molar-refractivity contribution in [1.29, 1.82) is 0 Å². The highest BCUT2D eigenvalue weighted by Gasteiger charge is 2.14. The Morgan fingerprint density at radius 3 is 2.76 bits per heavy atom. The summed E-state index contributed by atoms with van der Waals surface area (Å²) < 4.78 is 30.1. The summed E-state index contributed by atoms with van der Waals surface area (Å²) in [5, 5.41) is 4.91. The first-order valence-electron chi connectivity index (χ1n) is 7.59. The summed E-state index contributed by atoms with van der Waals surface area (Å²) in [6.45, 7) is 1.41. The smallest absolute Gasteiger partial charge is 0.250 e. The minimum absolute atomic E-state index is 0.281. The Kier molecular flexibility index (Phi) is 7.05. The first-order chi connectivity index (χ1) is 11.8. The van der Waals surface area contributed by atoms with E-state index >= 15 is 0 Å². The third-order valence-corrected chi connectivity index (χ3v) is 6.80. The van der Waals surface area contributed by atoms with E-state index in [2.05, 4.69) is 37.0 Å². The van der Waals surface area contributed by atoms with Gasteiger partial charge < -0.3 is 14.8 Å². The van der Waals surface area contributed by atoms with Crippen LogP contribution in [0.2, 0.25) is 0 Å². The van der Waals surface area contributed by atoms with Crippen LogP contribution in [0, 0.1) is 0 Å². The lowest BCUT2D eigenvalue weighted by Crippen LogP contribution is -2.42. The van der Waals surface area contributed by atoms with Crippen molar-refractivity contribution in [3.8, 4) is 0 Å². The molecule has 2 rings (SSSR count). The molecule has 25 heavy (non-hydrogen) atoms. The molecule has 0 atom stereocenters. The van der Waals surface area contributed by atoms with Gasteiger partial charge >= 0.3 is 0 Å². The molecule has 7 nitrogen and oxygen atoms in total. The summed E-state index contributed by atoms with van der Waals surface area (Å²) in [6, 6.07) is 5.36. The lowest BCUT2D eigenvalue weighted by atomic mass is 10.4. The minimum Gasteiger partial charge on any atom is -0.355 e. The fourth-order valence-electron chi connectivity index (χ4n) is 2.27. The van der Waals surface area contributed by atoms with Crippen LogP contribution in [0.25, 0.3) is 0 Å². The molecule has 0 saturated heterocycles. The van der Waals surface area contributed by atoms with E-state index in [1.165, 1.54) is 11.3 Å². The van der Waals surface area contributed by atoms with E-state index in [-0.39, 0.29) is 6.54 Å². The van der Waals surface area contributed by atoms with Crippen molar-refractivity contribution in [3.05, 3.63) is 39.9 Å². The van der Waals surface area contributed by atoms with Crippen molar-refractivity contribution in [3.63, 3.8) is 0 Å². The number of aryl methyl sites for hydroxylation is 1. The maximum Gasteiger partial charge on any atom is 0.250 e. The molecule has 0 amide bonds. The minimum atomic E-state index is -3.43. The summed E-state index contributed by atoms with van der Waals surface area (Å²) in [4.78, 5) is 6.22. The summed E-state index contributed by atoms with van der Waals surface area (Å²) in [5.41, 5.74) is 1.13. The highest BCUT2D eigenvalue weighted by atomic mass is 79.9. The van der Waals surface area contributed by atoms with E-state index < -0.39 is 10.0 Å². The van der Waals surface area contributed by atoms with E-state index in [9.17, 15) is 8.42 Å². The van der Waals surface area contributed by atoms with Gasteiger partial charge in [0.15, 0.2) is 5.96 Å². The number of halogens is 1. The highest BCUT2D eigenvalue weighted by molar-refractivity contribution is 9.10. The van der Waals surface area contributed by atoms with Gasteiger partial charge in [-0.2, -0.15) is 0 Å². The van der Waals surface area contributed by atoms with Crippen LogP contribution < -0.4 is 10.0 Å². The van der Waals surface area contributed by atoms with E-state index in [1.807, 2.05) is 29.8 Å². The molecule has 0 spiro atoms. The van der Waals surface area contributed by atoms with Gasteiger partial charge in [-0.3, -0.25) is 4.99 Å². The van der Waals surface area contributed by atoms with Gasteiger partial charge in [0.1, 0.15) is 4.21 Å². The molecule has 0 saturated carbocycles. The number of nitrogens with zero attached hydrogens (tertiary/aromatic N) is 3. The highest BCUT2D eigenvalue weighted by Crippen LogP contribution is 2.15. The third kappa shape index (κ3) is 5.56. The number of thiophene rings is 1. The fraction of sp³-hybridized carbons (Fsp3) is 0.400. The average Bonchev–Trinajstić information content (AvgIpc) is 3.18. The van der Waals surface area contributed by atoms with E-state index in [1.54, 1.807) is 24.6 Å².